The summed E-state index contributed by atoms with van der Waals surface area (Å²) in [5.41, 5.74) is 2.48. The molecule has 2 atom stereocenters. The molecule has 2 amide bonds. The number of carbonyl (C=O) groups excluding carboxylic acids is 3. The third-order valence-corrected chi connectivity index (χ3v) is 5.01. The first-order valence-electron chi connectivity index (χ1n) is 8.94. The summed E-state index contributed by atoms with van der Waals surface area (Å²) < 4.78 is 9.30. The highest BCUT2D eigenvalue weighted by Gasteiger charge is 2.36. The van der Waals surface area contributed by atoms with Crippen LogP contribution in [-0.2, 0) is 25.5 Å². The van der Waals surface area contributed by atoms with Crippen LogP contribution < -0.4 is 5.32 Å². The van der Waals surface area contributed by atoms with E-state index in [0.29, 0.717) is 18.0 Å². The molecule has 1 aliphatic heterocycles. The van der Waals surface area contributed by atoms with Gasteiger partial charge in [-0.05, 0) is 17.7 Å². The van der Waals surface area contributed by atoms with Crippen molar-refractivity contribution in [2.45, 2.75) is 24.9 Å². The van der Waals surface area contributed by atoms with E-state index in [1.54, 1.807) is 23.4 Å². The van der Waals surface area contributed by atoms with Crippen molar-refractivity contribution in [3.8, 4) is 0 Å². The number of carbonyl (C=O) groups is 3. The Hall–Kier alpha value is -3.07. The molecule has 2 aromatic rings. The van der Waals surface area contributed by atoms with Crippen LogP contribution in [0.1, 0.15) is 29.4 Å². The lowest BCUT2D eigenvalue weighted by Gasteiger charge is -2.36. The van der Waals surface area contributed by atoms with Crippen LogP contribution in [0.5, 0.6) is 0 Å². The van der Waals surface area contributed by atoms with Gasteiger partial charge < -0.3 is 24.7 Å². The highest BCUT2D eigenvalue weighted by Crippen LogP contribution is 2.33. The van der Waals surface area contributed by atoms with E-state index in [1.165, 1.54) is 14.2 Å². The molecule has 10 heteroatoms. The van der Waals surface area contributed by atoms with Crippen LogP contribution in [0.4, 0.5) is 4.79 Å². The summed E-state index contributed by atoms with van der Waals surface area (Å²) in [6.07, 6.45) is 1.83. The van der Waals surface area contributed by atoms with Crippen LogP contribution in [0, 0.1) is 0 Å². The summed E-state index contributed by atoms with van der Waals surface area (Å²) in [5, 5.41) is 3.16. The second-order valence-corrected chi connectivity index (χ2v) is 6.91. The molecule has 1 aliphatic rings. The summed E-state index contributed by atoms with van der Waals surface area (Å²) in [5.74, 6) is -1.37. The summed E-state index contributed by atoms with van der Waals surface area (Å²) >= 11 is 6.00. The third-order valence-electron chi connectivity index (χ3n) is 4.75. The lowest BCUT2D eigenvalue weighted by molar-refractivity contribution is -0.149. The molecular formula is C19H21ClN4O5. The number of benzene rings is 1. The predicted molar refractivity (Wildman–Crippen MR) is 103 cm³/mol. The number of aromatic amines is 1. The standard InChI is InChI=1S/C19H21ClN4O5/c1-28-15(25)9-14(18(26)29-2)23-19(27)24-8-7-13-16(22-10-21-13)17(24)11-3-5-12(20)6-4-11/h3-6,10,14,17H,7-9H2,1-2H3,(H,21,22)(H,23,27)/t14-,17?/m1/s1. The van der Waals surface area contributed by atoms with Crippen molar-refractivity contribution in [2.24, 2.45) is 0 Å². The maximum Gasteiger partial charge on any atom is 0.329 e. The quantitative estimate of drug-likeness (QED) is 0.713. The lowest BCUT2D eigenvalue weighted by Crippen LogP contribution is -2.52. The van der Waals surface area contributed by atoms with Gasteiger partial charge in [-0.15, -0.1) is 0 Å². The number of urea groups is 1. The third kappa shape index (κ3) is 4.51. The maximum atomic E-state index is 13.1. The van der Waals surface area contributed by atoms with Crippen molar-refractivity contribution < 1.29 is 23.9 Å². The number of fused-ring (bicyclic) bond motifs is 1. The van der Waals surface area contributed by atoms with Crippen molar-refractivity contribution in [3.05, 3.63) is 52.6 Å². The Kier molecular flexibility index (Phi) is 6.38. The van der Waals surface area contributed by atoms with Gasteiger partial charge >= 0.3 is 18.0 Å². The molecule has 0 fully saturated rings. The van der Waals surface area contributed by atoms with Gasteiger partial charge in [0.25, 0.3) is 0 Å². The fourth-order valence-corrected chi connectivity index (χ4v) is 3.42. The molecular weight excluding hydrogens is 400 g/mol. The lowest BCUT2D eigenvalue weighted by atomic mass is 9.96. The van der Waals surface area contributed by atoms with Crippen LogP contribution in [0.25, 0.3) is 0 Å². The second-order valence-electron chi connectivity index (χ2n) is 6.47. The van der Waals surface area contributed by atoms with Gasteiger partial charge in [0.2, 0.25) is 0 Å². The van der Waals surface area contributed by atoms with Gasteiger partial charge in [0.05, 0.1) is 32.7 Å². The van der Waals surface area contributed by atoms with Crippen molar-refractivity contribution in [1.82, 2.24) is 20.2 Å². The molecule has 0 radical (unpaired) electrons. The number of rotatable bonds is 5. The van der Waals surface area contributed by atoms with E-state index in [1.807, 2.05) is 12.1 Å². The molecule has 154 valence electrons. The number of methoxy groups -OCH3 is 2. The fourth-order valence-electron chi connectivity index (χ4n) is 3.30. The Labute approximate surface area is 172 Å². The van der Waals surface area contributed by atoms with Crippen molar-refractivity contribution in [1.29, 1.82) is 0 Å². The number of halogens is 1. The Balaban J connectivity index is 1.88. The summed E-state index contributed by atoms with van der Waals surface area (Å²) in [6, 6.07) is 4.97. The van der Waals surface area contributed by atoms with E-state index >= 15 is 0 Å². The molecule has 0 saturated heterocycles. The first kappa shape index (κ1) is 20.7. The molecule has 0 bridgehead atoms. The highest BCUT2D eigenvalue weighted by molar-refractivity contribution is 6.30. The van der Waals surface area contributed by atoms with Crippen LogP contribution in [-0.4, -0.2) is 59.6 Å². The molecule has 1 unspecified atom stereocenters. The molecule has 3 rings (SSSR count). The monoisotopic (exact) mass is 420 g/mol. The van der Waals surface area contributed by atoms with Gasteiger partial charge in [-0.1, -0.05) is 23.7 Å². The first-order chi connectivity index (χ1) is 13.9. The normalized spacial score (nSPS) is 16.5. The Morgan fingerprint density at radius 1 is 1.28 bits per heavy atom. The number of hydrogen-bond donors (Lipinski definition) is 2. The largest absolute Gasteiger partial charge is 0.469 e. The predicted octanol–water partition coefficient (Wildman–Crippen LogP) is 1.82. The van der Waals surface area contributed by atoms with Crippen LogP contribution in [0.2, 0.25) is 5.02 Å². The van der Waals surface area contributed by atoms with E-state index in [2.05, 4.69) is 20.0 Å². The number of aromatic nitrogens is 2. The Morgan fingerprint density at radius 3 is 2.66 bits per heavy atom. The number of esters is 2. The van der Waals surface area contributed by atoms with E-state index in [-0.39, 0.29) is 6.42 Å². The maximum absolute atomic E-state index is 13.1. The zero-order valence-electron chi connectivity index (χ0n) is 16.0. The SMILES string of the molecule is COC(=O)C[C@@H](NC(=O)N1CCc2[nH]cnc2C1c1ccc(Cl)cc1)C(=O)OC. The molecule has 29 heavy (non-hydrogen) atoms. The van der Waals surface area contributed by atoms with Crippen molar-refractivity contribution >= 4 is 29.6 Å². The molecule has 1 aromatic heterocycles. The number of imidazole rings is 1. The smallest absolute Gasteiger partial charge is 0.329 e. The Morgan fingerprint density at radius 2 is 2.00 bits per heavy atom. The van der Waals surface area contributed by atoms with E-state index in [9.17, 15) is 14.4 Å². The zero-order valence-corrected chi connectivity index (χ0v) is 16.7. The van der Waals surface area contributed by atoms with Gasteiger partial charge in [-0.25, -0.2) is 14.6 Å². The molecule has 0 spiro atoms. The number of H-pyrrole nitrogens is 1. The topological polar surface area (TPSA) is 114 Å². The average Bonchev–Trinajstić information content (AvgIpc) is 3.21. The fraction of sp³-hybridized carbons (Fsp3) is 0.368. The number of nitrogens with zero attached hydrogens (tertiary/aromatic N) is 2. The number of amides is 2. The average molecular weight is 421 g/mol. The second kappa shape index (κ2) is 8.95. The molecule has 2 heterocycles. The molecule has 0 saturated carbocycles. The number of nitrogens with one attached hydrogen (secondary N) is 2. The van der Waals surface area contributed by atoms with E-state index in [4.69, 9.17) is 16.3 Å². The number of ether oxygens (including phenoxy) is 2. The molecule has 0 aliphatic carbocycles. The van der Waals surface area contributed by atoms with Crippen molar-refractivity contribution in [2.75, 3.05) is 20.8 Å². The zero-order chi connectivity index (χ0) is 21.0. The minimum Gasteiger partial charge on any atom is -0.469 e. The van der Waals surface area contributed by atoms with Crippen molar-refractivity contribution in [3.63, 3.8) is 0 Å². The summed E-state index contributed by atoms with van der Waals surface area (Å²) in [6.45, 7) is 0.389. The molecule has 1 aromatic carbocycles. The summed E-state index contributed by atoms with van der Waals surface area (Å²) in [7, 11) is 2.39. The Bertz CT molecular complexity index is 898. The summed E-state index contributed by atoms with van der Waals surface area (Å²) in [4.78, 5) is 45.8. The number of hydrogen-bond acceptors (Lipinski definition) is 6. The van der Waals surface area contributed by atoms with Gasteiger partial charge in [-0.3, -0.25) is 4.79 Å². The van der Waals surface area contributed by atoms with Crippen LogP contribution in [0.15, 0.2) is 30.6 Å². The minimum atomic E-state index is -1.16. The first-order valence-corrected chi connectivity index (χ1v) is 9.31. The van der Waals surface area contributed by atoms with Gasteiger partial charge in [-0.2, -0.15) is 0 Å². The van der Waals surface area contributed by atoms with Crippen LogP contribution >= 0.6 is 11.6 Å². The van der Waals surface area contributed by atoms with Gasteiger partial charge in [0.1, 0.15) is 12.1 Å². The highest BCUT2D eigenvalue weighted by atomic mass is 35.5. The molecule has 2 N–H and O–H groups in total. The molecule has 9 nitrogen and oxygen atoms in total. The minimum absolute atomic E-state index is 0.331. The van der Waals surface area contributed by atoms with Gasteiger partial charge in [0, 0.05) is 23.7 Å². The van der Waals surface area contributed by atoms with E-state index in [0.717, 1.165) is 17.0 Å². The van der Waals surface area contributed by atoms with Gasteiger partial charge in [0.15, 0.2) is 0 Å². The van der Waals surface area contributed by atoms with Crippen LogP contribution in [0.3, 0.4) is 0 Å². The van der Waals surface area contributed by atoms with E-state index < -0.39 is 30.1 Å².